The molecular weight excluding hydrogens is 310 g/mol. The molecule has 0 unspecified atom stereocenters. The Labute approximate surface area is 139 Å². The molecule has 2 aromatic rings. The minimum Gasteiger partial charge on any atom is -0.496 e. The van der Waals surface area contributed by atoms with Gasteiger partial charge in [0.05, 0.1) is 19.8 Å². The van der Waals surface area contributed by atoms with E-state index in [9.17, 15) is 9.59 Å². The van der Waals surface area contributed by atoms with Crippen molar-refractivity contribution in [1.82, 2.24) is 10.7 Å². The number of furan rings is 1. The van der Waals surface area contributed by atoms with E-state index in [4.69, 9.17) is 9.15 Å². The van der Waals surface area contributed by atoms with E-state index in [2.05, 4.69) is 15.8 Å². The van der Waals surface area contributed by atoms with Gasteiger partial charge in [-0.05, 0) is 25.1 Å². The number of carbonyl (C=O) groups excluding carboxylic acids is 2. The highest BCUT2D eigenvalue weighted by atomic mass is 16.5. The summed E-state index contributed by atoms with van der Waals surface area (Å²) in [7, 11) is 1.58. The minimum atomic E-state index is -0.464. The lowest BCUT2D eigenvalue weighted by Crippen LogP contribution is -2.26. The Bertz CT molecular complexity index is 723. The molecule has 0 aliphatic carbocycles. The quantitative estimate of drug-likeness (QED) is 0.601. The summed E-state index contributed by atoms with van der Waals surface area (Å²) >= 11 is 0. The van der Waals surface area contributed by atoms with E-state index in [1.165, 1.54) is 12.3 Å². The van der Waals surface area contributed by atoms with E-state index in [1.807, 2.05) is 24.3 Å². The summed E-state index contributed by atoms with van der Waals surface area (Å²) in [6, 6.07) is 10.6. The van der Waals surface area contributed by atoms with Crippen LogP contribution in [-0.4, -0.2) is 24.6 Å². The Morgan fingerprint density at radius 2 is 2.00 bits per heavy atom. The van der Waals surface area contributed by atoms with Crippen molar-refractivity contribution in [1.29, 1.82) is 0 Å². The normalized spacial score (nSPS) is 11.0. The number of carbonyl (C=O) groups is 2. The molecule has 0 aliphatic rings. The monoisotopic (exact) mass is 329 g/mol. The van der Waals surface area contributed by atoms with Gasteiger partial charge in [0, 0.05) is 17.8 Å². The lowest BCUT2D eigenvalue weighted by atomic mass is 10.2. The summed E-state index contributed by atoms with van der Waals surface area (Å²) in [5.74, 6) is 0.212. The fourth-order valence-corrected chi connectivity index (χ4v) is 1.99. The summed E-state index contributed by atoms with van der Waals surface area (Å²) in [5, 5.41) is 6.67. The van der Waals surface area contributed by atoms with Crippen molar-refractivity contribution in [2.24, 2.45) is 5.10 Å². The third-order valence-corrected chi connectivity index (χ3v) is 3.18. The first-order valence-corrected chi connectivity index (χ1v) is 7.35. The predicted octanol–water partition coefficient (Wildman–Crippen LogP) is 2.10. The van der Waals surface area contributed by atoms with Gasteiger partial charge in [-0.15, -0.1) is 0 Å². The molecule has 0 radical (unpaired) electrons. The van der Waals surface area contributed by atoms with Crippen LogP contribution in [0, 0.1) is 0 Å². The maximum absolute atomic E-state index is 11.9. The van der Waals surface area contributed by atoms with E-state index < -0.39 is 5.91 Å². The van der Waals surface area contributed by atoms with Gasteiger partial charge in [0.1, 0.15) is 5.75 Å². The SMILES string of the molecule is COc1ccccc1CNC(=O)C/C(C)=N\NC(=O)c1ccco1. The highest BCUT2D eigenvalue weighted by Gasteiger charge is 2.09. The topological polar surface area (TPSA) is 92.9 Å². The van der Waals surface area contributed by atoms with Crippen molar-refractivity contribution in [2.45, 2.75) is 19.9 Å². The van der Waals surface area contributed by atoms with Crippen LogP contribution >= 0.6 is 0 Å². The number of amides is 2. The Morgan fingerprint density at radius 1 is 1.21 bits per heavy atom. The fourth-order valence-electron chi connectivity index (χ4n) is 1.99. The molecule has 0 saturated heterocycles. The van der Waals surface area contributed by atoms with Crippen LogP contribution in [0.4, 0.5) is 0 Å². The second-order valence-electron chi connectivity index (χ2n) is 5.03. The molecule has 2 rings (SSSR count). The summed E-state index contributed by atoms with van der Waals surface area (Å²) < 4.78 is 10.2. The van der Waals surface area contributed by atoms with Crippen molar-refractivity contribution in [3.63, 3.8) is 0 Å². The molecule has 0 atom stereocenters. The van der Waals surface area contributed by atoms with Crippen molar-refractivity contribution in [3.05, 3.63) is 54.0 Å². The van der Waals surface area contributed by atoms with Crippen LogP contribution in [0.5, 0.6) is 5.75 Å². The number of nitrogens with zero attached hydrogens (tertiary/aromatic N) is 1. The highest BCUT2D eigenvalue weighted by molar-refractivity contribution is 6.00. The van der Waals surface area contributed by atoms with Gasteiger partial charge in [-0.1, -0.05) is 18.2 Å². The van der Waals surface area contributed by atoms with Gasteiger partial charge in [0.15, 0.2) is 5.76 Å². The predicted molar refractivity (Wildman–Crippen MR) is 88.7 cm³/mol. The molecule has 0 saturated carbocycles. The van der Waals surface area contributed by atoms with Gasteiger partial charge in [0.2, 0.25) is 5.91 Å². The van der Waals surface area contributed by atoms with Crippen LogP contribution < -0.4 is 15.5 Å². The average molecular weight is 329 g/mol. The Kier molecular flexibility index (Phi) is 6.13. The van der Waals surface area contributed by atoms with Crippen molar-refractivity contribution >= 4 is 17.5 Å². The molecule has 1 aromatic carbocycles. The second-order valence-corrected chi connectivity index (χ2v) is 5.03. The van der Waals surface area contributed by atoms with Gasteiger partial charge in [-0.2, -0.15) is 5.10 Å². The Balaban J connectivity index is 1.81. The molecule has 0 spiro atoms. The van der Waals surface area contributed by atoms with Gasteiger partial charge in [0.25, 0.3) is 0 Å². The first kappa shape index (κ1) is 17.3. The van der Waals surface area contributed by atoms with Crippen LogP contribution in [0.25, 0.3) is 0 Å². The zero-order valence-corrected chi connectivity index (χ0v) is 13.5. The molecule has 24 heavy (non-hydrogen) atoms. The zero-order chi connectivity index (χ0) is 17.4. The van der Waals surface area contributed by atoms with Gasteiger partial charge >= 0.3 is 5.91 Å². The largest absolute Gasteiger partial charge is 0.496 e. The second kappa shape index (κ2) is 8.52. The summed E-state index contributed by atoms with van der Waals surface area (Å²) in [6.07, 6.45) is 1.48. The number of methoxy groups -OCH3 is 1. The number of hydrogen-bond acceptors (Lipinski definition) is 5. The van der Waals surface area contributed by atoms with Crippen LogP contribution in [-0.2, 0) is 11.3 Å². The standard InChI is InChI=1S/C17H19N3O4/c1-12(19-20-17(22)15-8-5-9-24-15)10-16(21)18-11-13-6-3-4-7-14(13)23-2/h3-9H,10-11H2,1-2H3,(H,18,21)(H,20,22)/b19-12-. The first-order chi connectivity index (χ1) is 11.6. The number of nitrogens with one attached hydrogen (secondary N) is 2. The molecule has 0 aliphatic heterocycles. The van der Waals surface area contributed by atoms with E-state index in [0.29, 0.717) is 18.0 Å². The third kappa shape index (κ3) is 4.98. The third-order valence-electron chi connectivity index (χ3n) is 3.18. The first-order valence-electron chi connectivity index (χ1n) is 7.35. The minimum absolute atomic E-state index is 0.0770. The number of hydrazone groups is 1. The lowest BCUT2D eigenvalue weighted by molar-refractivity contribution is -0.120. The van der Waals surface area contributed by atoms with E-state index in [-0.39, 0.29) is 18.1 Å². The zero-order valence-electron chi connectivity index (χ0n) is 13.5. The van der Waals surface area contributed by atoms with Crippen LogP contribution in [0.15, 0.2) is 52.2 Å². The molecule has 0 fully saturated rings. The van der Waals surface area contributed by atoms with Gasteiger partial charge in [-0.25, -0.2) is 5.43 Å². The Morgan fingerprint density at radius 3 is 2.71 bits per heavy atom. The smallest absolute Gasteiger partial charge is 0.307 e. The van der Waals surface area contributed by atoms with Crippen molar-refractivity contribution in [3.8, 4) is 5.75 Å². The van der Waals surface area contributed by atoms with Crippen molar-refractivity contribution in [2.75, 3.05) is 7.11 Å². The van der Waals surface area contributed by atoms with Gasteiger partial charge in [-0.3, -0.25) is 9.59 Å². The van der Waals surface area contributed by atoms with Crippen LogP contribution in [0.2, 0.25) is 0 Å². The van der Waals surface area contributed by atoms with E-state index >= 15 is 0 Å². The maximum Gasteiger partial charge on any atom is 0.307 e. The van der Waals surface area contributed by atoms with Gasteiger partial charge < -0.3 is 14.5 Å². The summed E-state index contributed by atoms with van der Waals surface area (Å²) in [5.41, 5.74) is 3.70. The molecule has 1 heterocycles. The fraction of sp³-hybridized carbons (Fsp3) is 0.235. The van der Waals surface area contributed by atoms with Crippen molar-refractivity contribution < 1.29 is 18.7 Å². The van der Waals surface area contributed by atoms with Crippen LogP contribution in [0.1, 0.15) is 29.5 Å². The number of rotatable bonds is 7. The molecule has 2 amide bonds. The average Bonchev–Trinajstić information content (AvgIpc) is 3.12. The molecule has 7 nitrogen and oxygen atoms in total. The Hall–Kier alpha value is -3.09. The van der Waals surface area contributed by atoms with E-state index in [0.717, 1.165) is 5.56 Å². The molecule has 7 heteroatoms. The summed E-state index contributed by atoms with van der Waals surface area (Å²) in [4.78, 5) is 23.6. The maximum atomic E-state index is 11.9. The number of hydrogen-bond donors (Lipinski definition) is 2. The molecule has 2 N–H and O–H groups in total. The molecule has 1 aromatic heterocycles. The number of benzene rings is 1. The van der Waals surface area contributed by atoms with Crippen LogP contribution in [0.3, 0.4) is 0 Å². The number of para-hydroxylation sites is 1. The lowest BCUT2D eigenvalue weighted by Gasteiger charge is -2.09. The number of ether oxygens (including phenoxy) is 1. The molecular formula is C17H19N3O4. The molecule has 126 valence electrons. The van der Waals surface area contributed by atoms with E-state index in [1.54, 1.807) is 20.1 Å². The highest BCUT2D eigenvalue weighted by Crippen LogP contribution is 2.16. The summed E-state index contributed by atoms with van der Waals surface area (Å²) in [6.45, 7) is 2.01. The molecule has 0 bridgehead atoms.